The maximum absolute atomic E-state index is 12.8. The normalized spacial score (nSPS) is 13.1. The first-order valence-corrected chi connectivity index (χ1v) is 26.5. The van der Waals surface area contributed by atoms with Gasteiger partial charge in [-0.1, -0.05) is 200 Å². The lowest BCUT2D eigenvalue weighted by molar-refractivity contribution is -0.167. The smallest absolute Gasteiger partial charge is 0.306 e. The summed E-state index contributed by atoms with van der Waals surface area (Å²) in [5.41, 5.74) is 0. The predicted octanol–water partition coefficient (Wildman–Crippen LogP) is 17.7. The van der Waals surface area contributed by atoms with E-state index in [9.17, 15) is 14.4 Å². The van der Waals surface area contributed by atoms with Crippen LogP contribution in [0, 0.1) is 0 Å². The maximum Gasteiger partial charge on any atom is 0.306 e. The molecule has 0 heterocycles. The minimum Gasteiger partial charge on any atom is -0.462 e. The van der Waals surface area contributed by atoms with Crippen LogP contribution >= 0.6 is 0 Å². The average Bonchev–Trinajstić information content (AvgIpc) is 3.31. The van der Waals surface area contributed by atoms with Crippen molar-refractivity contribution in [1.29, 1.82) is 0 Å². The fourth-order valence-electron chi connectivity index (χ4n) is 6.73. The van der Waals surface area contributed by atoms with Crippen molar-refractivity contribution in [3.05, 3.63) is 122 Å². The van der Waals surface area contributed by atoms with Crippen molar-refractivity contribution in [2.45, 2.75) is 226 Å². The molecule has 0 amide bonds. The molecular formula is C60H96O6. The van der Waals surface area contributed by atoms with E-state index in [2.05, 4.69) is 142 Å². The molecule has 0 aromatic carbocycles. The average molecular weight is 913 g/mol. The Morgan fingerprint density at radius 3 is 0.924 bits per heavy atom. The lowest BCUT2D eigenvalue weighted by Gasteiger charge is -2.18. The number of hydrogen-bond acceptors (Lipinski definition) is 6. The van der Waals surface area contributed by atoms with E-state index in [1.807, 2.05) is 0 Å². The Kier molecular flexibility index (Phi) is 50.0. The molecule has 0 aliphatic carbocycles. The van der Waals surface area contributed by atoms with Gasteiger partial charge in [0.1, 0.15) is 13.2 Å². The third-order valence-corrected chi connectivity index (χ3v) is 10.7. The van der Waals surface area contributed by atoms with Gasteiger partial charge in [0.2, 0.25) is 0 Å². The molecule has 6 nitrogen and oxygen atoms in total. The van der Waals surface area contributed by atoms with Crippen LogP contribution in [0.3, 0.4) is 0 Å². The fourth-order valence-corrected chi connectivity index (χ4v) is 6.73. The molecule has 0 radical (unpaired) electrons. The summed E-state index contributed by atoms with van der Waals surface area (Å²) in [4.78, 5) is 38.1. The van der Waals surface area contributed by atoms with Gasteiger partial charge in [-0.05, 0) is 122 Å². The SMILES string of the molecule is CC/C=C\C/C=C\C/C=C\C/C=C\CCCCCCC(=O)OCC(COC(=O)CCCCCCC/C=C\C/C=C\CCCC)OC(=O)CCCCCC/C=C\C/C=C\C/C=C\C/C=C\CC. The highest BCUT2D eigenvalue weighted by atomic mass is 16.6. The molecular weight excluding hydrogens is 817 g/mol. The predicted molar refractivity (Wildman–Crippen MR) is 283 cm³/mol. The molecule has 0 spiro atoms. The summed E-state index contributed by atoms with van der Waals surface area (Å²) in [6.07, 6.45) is 73.2. The van der Waals surface area contributed by atoms with Gasteiger partial charge in [-0.3, -0.25) is 14.4 Å². The Labute approximate surface area is 405 Å². The summed E-state index contributed by atoms with van der Waals surface area (Å²) >= 11 is 0. The van der Waals surface area contributed by atoms with Crippen LogP contribution in [0.2, 0.25) is 0 Å². The van der Waals surface area contributed by atoms with Gasteiger partial charge in [-0.2, -0.15) is 0 Å². The zero-order chi connectivity index (χ0) is 47.9. The monoisotopic (exact) mass is 913 g/mol. The van der Waals surface area contributed by atoms with E-state index < -0.39 is 6.10 Å². The number of carbonyl (C=O) groups excluding carboxylic acids is 3. The fraction of sp³-hybridized carbons (Fsp3) is 0.617. The van der Waals surface area contributed by atoms with Crippen LogP contribution < -0.4 is 0 Å². The number of allylic oxidation sites excluding steroid dienone is 20. The van der Waals surface area contributed by atoms with Crippen LogP contribution in [-0.2, 0) is 28.6 Å². The minimum absolute atomic E-state index is 0.107. The largest absolute Gasteiger partial charge is 0.462 e. The van der Waals surface area contributed by atoms with E-state index in [-0.39, 0.29) is 37.5 Å². The number of esters is 3. The van der Waals surface area contributed by atoms with Crippen LogP contribution in [0.5, 0.6) is 0 Å². The third kappa shape index (κ3) is 50.8. The summed E-state index contributed by atoms with van der Waals surface area (Å²) in [6.45, 7) is 6.30. The van der Waals surface area contributed by atoms with Crippen LogP contribution in [0.4, 0.5) is 0 Å². The Morgan fingerprint density at radius 2 is 0.591 bits per heavy atom. The van der Waals surface area contributed by atoms with Crippen molar-refractivity contribution >= 4 is 17.9 Å². The zero-order valence-electron chi connectivity index (χ0n) is 42.4. The Balaban J connectivity index is 4.52. The second-order valence-corrected chi connectivity index (χ2v) is 17.0. The highest BCUT2D eigenvalue weighted by Crippen LogP contribution is 2.12. The van der Waals surface area contributed by atoms with Gasteiger partial charge in [-0.15, -0.1) is 0 Å². The molecule has 1 unspecified atom stereocenters. The number of unbranched alkanes of at least 4 members (excludes halogenated alkanes) is 15. The van der Waals surface area contributed by atoms with Gasteiger partial charge < -0.3 is 14.2 Å². The van der Waals surface area contributed by atoms with Crippen LogP contribution in [0.15, 0.2) is 122 Å². The molecule has 372 valence electrons. The molecule has 1 atom stereocenters. The van der Waals surface area contributed by atoms with Gasteiger partial charge in [-0.25, -0.2) is 0 Å². The summed E-state index contributed by atoms with van der Waals surface area (Å²) in [6, 6.07) is 0. The number of carbonyl (C=O) groups is 3. The topological polar surface area (TPSA) is 78.9 Å². The molecule has 0 saturated heterocycles. The van der Waals surface area contributed by atoms with Gasteiger partial charge in [0, 0.05) is 19.3 Å². The molecule has 66 heavy (non-hydrogen) atoms. The summed E-state index contributed by atoms with van der Waals surface area (Å²) in [7, 11) is 0. The van der Waals surface area contributed by atoms with Gasteiger partial charge >= 0.3 is 17.9 Å². The first kappa shape index (κ1) is 61.8. The summed E-state index contributed by atoms with van der Waals surface area (Å²) in [5.74, 6) is -0.974. The highest BCUT2D eigenvalue weighted by Gasteiger charge is 2.19. The second kappa shape index (κ2) is 53.4. The van der Waals surface area contributed by atoms with Crippen molar-refractivity contribution in [3.8, 4) is 0 Å². The van der Waals surface area contributed by atoms with E-state index in [0.717, 1.165) is 161 Å². The molecule has 0 aromatic heterocycles. The first-order chi connectivity index (χ1) is 32.5. The van der Waals surface area contributed by atoms with Crippen molar-refractivity contribution in [3.63, 3.8) is 0 Å². The van der Waals surface area contributed by atoms with Crippen molar-refractivity contribution in [2.75, 3.05) is 13.2 Å². The van der Waals surface area contributed by atoms with E-state index in [0.29, 0.717) is 12.8 Å². The lowest BCUT2D eigenvalue weighted by Crippen LogP contribution is -2.30. The lowest BCUT2D eigenvalue weighted by atomic mass is 10.1. The van der Waals surface area contributed by atoms with E-state index >= 15 is 0 Å². The molecule has 0 rings (SSSR count). The Morgan fingerprint density at radius 1 is 0.318 bits per heavy atom. The zero-order valence-corrected chi connectivity index (χ0v) is 42.4. The number of hydrogen-bond donors (Lipinski definition) is 0. The van der Waals surface area contributed by atoms with Crippen molar-refractivity contribution < 1.29 is 28.6 Å². The van der Waals surface area contributed by atoms with Gasteiger partial charge in [0.25, 0.3) is 0 Å². The Hall–Kier alpha value is -4.19. The van der Waals surface area contributed by atoms with Crippen LogP contribution in [0.1, 0.15) is 220 Å². The van der Waals surface area contributed by atoms with Crippen LogP contribution in [-0.4, -0.2) is 37.2 Å². The summed E-state index contributed by atoms with van der Waals surface area (Å²) in [5, 5.41) is 0. The van der Waals surface area contributed by atoms with Gasteiger partial charge in [0.15, 0.2) is 6.10 Å². The van der Waals surface area contributed by atoms with E-state index in [1.54, 1.807) is 0 Å². The molecule has 0 aromatic rings. The quantitative estimate of drug-likeness (QED) is 0.0262. The standard InChI is InChI=1S/C60H96O6/c1-4-7-10-13-16-19-22-25-28-30-32-35-38-41-44-47-50-53-59(62)65-56-57(55-64-58(61)52-49-46-43-40-37-34-27-24-21-18-15-12-9-6-3)66-60(63)54-51-48-45-42-39-36-33-31-29-26-23-20-17-14-11-8-5-2/h7-8,10-11,15-20,24-29,32-33,35-36,57H,4-6,9,12-14,21-23,30-31,34,37-56H2,1-3H3/b10-7-,11-8-,18-15-,19-16-,20-17-,27-24-,28-25-,29-26-,35-32-,36-33-. The third-order valence-electron chi connectivity index (χ3n) is 10.7. The Bertz CT molecular complexity index is 1420. The second-order valence-electron chi connectivity index (χ2n) is 17.0. The molecule has 0 aliphatic rings. The van der Waals surface area contributed by atoms with E-state index in [1.165, 1.54) is 19.3 Å². The molecule has 0 saturated carbocycles. The van der Waals surface area contributed by atoms with E-state index in [4.69, 9.17) is 14.2 Å². The summed E-state index contributed by atoms with van der Waals surface area (Å²) < 4.78 is 16.8. The van der Waals surface area contributed by atoms with Crippen LogP contribution in [0.25, 0.3) is 0 Å². The molecule has 6 heteroatoms. The first-order valence-electron chi connectivity index (χ1n) is 26.5. The molecule has 0 bridgehead atoms. The maximum atomic E-state index is 12.8. The highest BCUT2D eigenvalue weighted by molar-refractivity contribution is 5.71. The molecule has 0 N–H and O–H groups in total. The van der Waals surface area contributed by atoms with Crippen molar-refractivity contribution in [1.82, 2.24) is 0 Å². The van der Waals surface area contributed by atoms with Crippen molar-refractivity contribution in [2.24, 2.45) is 0 Å². The minimum atomic E-state index is -0.811. The van der Waals surface area contributed by atoms with Gasteiger partial charge in [0.05, 0.1) is 0 Å². The number of rotatable bonds is 46. The molecule has 0 aliphatic heterocycles. The molecule has 0 fully saturated rings. The number of ether oxygens (including phenoxy) is 3.